The van der Waals surface area contributed by atoms with Crippen molar-refractivity contribution in [1.29, 1.82) is 0 Å². The van der Waals surface area contributed by atoms with Crippen LogP contribution in [0.3, 0.4) is 0 Å². The molecule has 2 N–H and O–H groups in total. The number of anilines is 3. The molecule has 0 spiro atoms. The van der Waals surface area contributed by atoms with Crippen LogP contribution in [0.15, 0.2) is 52.9 Å². The summed E-state index contributed by atoms with van der Waals surface area (Å²) < 4.78 is 5.87. The van der Waals surface area contributed by atoms with E-state index < -0.39 is 0 Å². The van der Waals surface area contributed by atoms with E-state index in [2.05, 4.69) is 20.8 Å². The Balaban J connectivity index is 1.53. The fourth-order valence-corrected chi connectivity index (χ4v) is 3.86. The van der Waals surface area contributed by atoms with Crippen LogP contribution < -0.4 is 15.4 Å². The van der Waals surface area contributed by atoms with E-state index in [4.69, 9.17) is 4.74 Å². The lowest BCUT2D eigenvalue weighted by Crippen LogP contribution is -2.14. The molecule has 0 bridgehead atoms. The van der Waals surface area contributed by atoms with Gasteiger partial charge in [0.05, 0.1) is 12.9 Å². The maximum Gasteiger partial charge on any atom is 0.234 e. The van der Waals surface area contributed by atoms with Crippen molar-refractivity contribution in [3.05, 3.63) is 54.1 Å². The van der Waals surface area contributed by atoms with Crippen LogP contribution >= 0.6 is 23.1 Å². The molecule has 3 aromatic rings. The molecule has 0 saturated carbocycles. The van der Waals surface area contributed by atoms with Crippen molar-refractivity contribution in [2.45, 2.75) is 11.3 Å². The second-order valence-corrected chi connectivity index (χ2v) is 7.90. The third-order valence-electron chi connectivity index (χ3n) is 3.61. The van der Waals surface area contributed by atoms with E-state index in [-0.39, 0.29) is 17.4 Å². The highest BCUT2D eigenvalue weighted by Crippen LogP contribution is 2.28. The quantitative estimate of drug-likeness (QED) is 0.421. The molecule has 144 valence electrons. The number of nitrogens with zero attached hydrogens (tertiary/aromatic N) is 2. The van der Waals surface area contributed by atoms with Gasteiger partial charge in [-0.25, -0.2) is 0 Å². The van der Waals surface area contributed by atoms with Crippen LogP contribution in [0.1, 0.15) is 17.3 Å². The molecule has 0 atom stereocenters. The Bertz CT molecular complexity index is 991. The minimum Gasteiger partial charge on any atom is -0.497 e. The summed E-state index contributed by atoms with van der Waals surface area (Å²) in [6.45, 7) is 1.49. The maximum atomic E-state index is 12.1. The molecule has 1 heterocycles. The van der Waals surface area contributed by atoms with Gasteiger partial charge in [0.2, 0.25) is 11.0 Å². The van der Waals surface area contributed by atoms with Gasteiger partial charge in [-0.1, -0.05) is 41.3 Å². The average Bonchev–Trinajstić information content (AvgIpc) is 3.14. The largest absolute Gasteiger partial charge is 0.497 e. The summed E-state index contributed by atoms with van der Waals surface area (Å²) in [5, 5.41) is 14.7. The standard InChI is InChI=1S/C19H18N4O3S2/c1-12(24)13-5-3-6-14(9-13)20-17(25)11-27-19-23-22-18(28-19)21-15-7-4-8-16(10-15)26-2/h3-10H,11H2,1-2H3,(H,20,25)(H,21,22). The van der Waals surface area contributed by atoms with E-state index >= 15 is 0 Å². The van der Waals surface area contributed by atoms with Crippen LogP contribution in [-0.2, 0) is 4.79 Å². The summed E-state index contributed by atoms with van der Waals surface area (Å²) in [7, 11) is 1.61. The number of methoxy groups -OCH3 is 1. The zero-order valence-corrected chi connectivity index (χ0v) is 16.9. The summed E-state index contributed by atoms with van der Waals surface area (Å²) >= 11 is 2.66. The fourth-order valence-electron chi connectivity index (χ4n) is 2.28. The average molecular weight is 415 g/mol. The number of carbonyl (C=O) groups is 2. The molecule has 0 saturated heterocycles. The van der Waals surface area contributed by atoms with Gasteiger partial charge in [-0.2, -0.15) is 0 Å². The van der Waals surface area contributed by atoms with Crippen molar-refractivity contribution in [1.82, 2.24) is 10.2 Å². The normalized spacial score (nSPS) is 10.4. The summed E-state index contributed by atoms with van der Waals surface area (Å²) in [4.78, 5) is 23.6. The molecule has 0 aliphatic rings. The Hall–Kier alpha value is -2.91. The molecule has 0 aliphatic heterocycles. The molecule has 0 aliphatic carbocycles. The molecule has 0 unspecified atom stereocenters. The van der Waals surface area contributed by atoms with Crippen molar-refractivity contribution < 1.29 is 14.3 Å². The Morgan fingerprint density at radius 3 is 2.68 bits per heavy atom. The topological polar surface area (TPSA) is 93.2 Å². The van der Waals surface area contributed by atoms with Crippen LogP contribution in [0.25, 0.3) is 0 Å². The van der Waals surface area contributed by atoms with Gasteiger partial charge in [0.25, 0.3) is 0 Å². The van der Waals surface area contributed by atoms with E-state index in [1.54, 1.807) is 31.4 Å². The summed E-state index contributed by atoms with van der Waals surface area (Å²) in [5.74, 6) is 0.714. The third-order valence-corrected chi connectivity index (χ3v) is 5.58. The minimum atomic E-state index is -0.178. The lowest BCUT2D eigenvalue weighted by Gasteiger charge is -2.05. The number of nitrogens with one attached hydrogen (secondary N) is 2. The molecule has 3 rings (SSSR count). The number of aromatic nitrogens is 2. The number of hydrogen-bond acceptors (Lipinski definition) is 8. The number of hydrogen-bond donors (Lipinski definition) is 2. The number of thioether (sulfide) groups is 1. The van der Waals surface area contributed by atoms with E-state index in [0.29, 0.717) is 20.7 Å². The molecule has 1 aromatic heterocycles. The molecule has 0 radical (unpaired) electrons. The van der Waals surface area contributed by atoms with Gasteiger partial charge in [-0.15, -0.1) is 10.2 Å². The monoisotopic (exact) mass is 414 g/mol. The lowest BCUT2D eigenvalue weighted by atomic mass is 10.1. The minimum absolute atomic E-state index is 0.0459. The van der Waals surface area contributed by atoms with Crippen LogP contribution in [0, 0.1) is 0 Å². The first kappa shape index (κ1) is 19.8. The lowest BCUT2D eigenvalue weighted by molar-refractivity contribution is -0.113. The summed E-state index contributed by atoms with van der Waals surface area (Å²) in [6.07, 6.45) is 0. The van der Waals surface area contributed by atoms with Crippen LogP contribution in [-0.4, -0.2) is 34.8 Å². The number of carbonyl (C=O) groups excluding carboxylic acids is 2. The zero-order valence-electron chi connectivity index (χ0n) is 15.3. The van der Waals surface area contributed by atoms with Gasteiger partial charge < -0.3 is 15.4 Å². The maximum absolute atomic E-state index is 12.1. The first-order valence-corrected chi connectivity index (χ1v) is 10.1. The molecular weight excluding hydrogens is 396 g/mol. The second-order valence-electron chi connectivity index (χ2n) is 5.70. The Morgan fingerprint density at radius 1 is 1.11 bits per heavy atom. The summed E-state index contributed by atoms with van der Waals surface area (Å²) in [6, 6.07) is 14.4. The van der Waals surface area contributed by atoms with Crippen molar-refractivity contribution in [2.75, 3.05) is 23.5 Å². The van der Waals surface area contributed by atoms with E-state index in [9.17, 15) is 9.59 Å². The van der Waals surface area contributed by atoms with Crippen LogP contribution in [0.4, 0.5) is 16.5 Å². The molecule has 1 amide bonds. The molecule has 28 heavy (non-hydrogen) atoms. The number of amides is 1. The van der Waals surface area contributed by atoms with Crippen LogP contribution in [0.5, 0.6) is 5.75 Å². The van der Waals surface area contributed by atoms with Crippen molar-refractivity contribution in [2.24, 2.45) is 0 Å². The van der Waals surface area contributed by atoms with Gasteiger partial charge in [0, 0.05) is 23.0 Å². The number of ether oxygens (including phenoxy) is 1. The SMILES string of the molecule is COc1cccc(Nc2nnc(SCC(=O)Nc3cccc(C(C)=O)c3)s2)c1. The van der Waals surface area contributed by atoms with Crippen molar-refractivity contribution in [3.63, 3.8) is 0 Å². The van der Waals surface area contributed by atoms with Crippen molar-refractivity contribution in [3.8, 4) is 5.75 Å². The molecule has 2 aromatic carbocycles. The fraction of sp³-hybridized carbons (Fsp3) is 0.158. The number of benzene rings is 2. The van der Waals surface area contributed by atoms with Gasteiger partial charge in [0.15, 0.2) is 10.1 Å². The second kappa shape index (κ2) is 9.34. The summed E-state index contributed by atoms with van der Waals surface area (Å²) in [5.41, 5.74) is 1.99. The number of ketones is 1. The molecule has 7 nitrogen and oxygen atoms in total. The molecule has 9 heteroatoms. The highest BCUT2D eigenvalue weighted by atomic mass is 32.2. The number of rotatable bonds is 8. The highest BCUT2D eigenvalue weighted by Gasteiger charge is 2.10. The van der Waals surface area contributed by atoms with Crippen LogP contribution in [0.2, 0.25) is 0 Å². The van der Waals surface area contributed by atoms with Gasteiger partial charge >= 0.3 is 0 Å². The van der Waals surface area contributed by atoms with E-state index in [1.165, 1.54) is 30.0 Å². The van der Waals surface area contributed by atoms with E-state index in [1.807, 2.05) is 24.3 Å². The van der Waals surface area contributed by atoms with Gasteiger partial charge in [-0.3, -0.25) is 9.59 Å². The Labute approximate surface area is 170 Å². The number of Topliss-reactive ketones (excluding diaryl/α,β-unsaturated/α-hetero) is 1. The molecule has 0 fully saturated rings. The third kappa shape index (κ3) is 5.54. The molecular formula is C19H18N4O3S2. The van der Waals surface area contributed by atoms with Gasteiger partial charge in [0.1, 0.15) is 5.75 Å². The first-order valence-electron chi connectivity index (χ1n) is 8.32. The first-order chi connectivity index (χ1) is 13.5. The smallest absolute Gasteiger partial charge is 0.234 e. The van der Waals surface area contributed by atoms with Gasteiger partial charge in [-0.05, 0) is 31.2 Å². The Morgan fingerprint density at radius 2 is 1.89 bits per heavy atom. The van der Waals surface area contributed by atoms with E-state index in [0.717, 1.165) is 11.4 Å². The highest BCUT2D eigenvalue weighted by molar-refractivity contribution is 8.01. The zero-order chi connectivity index (χ0) is 19.9. The predicted molar refractivity (Wildman–Crippen MR) is 112 cm³/mol. The van der Waals surface area contributed by atoms with Crippen molar-refractivity contribution >= 4 is 51.3 Å². The Kier molecular flexibility index (Phi) is 6.62. The predicted octanol–water partition coefficient (Wildman–Crippen LogP) is 4.22.